The van der Waals surface area contributed by atoms with Gasteiger partial charge in [0.2, 0.25) is 0 Å². The summed E-state index contributed by atoms with van der Waals surface area (Å²) in [7, 11) is 0. The summed E-state index contributed by atoms with van der Waals surface area (Å²) >= 11 is 0. The molecular formula is C13H7F3N2. The molecule has 0 radical (unpaired) electrons. The van der Waals surface area contributed by atoms with E-state index in [1.165, 1.54) is 6.07 Å². The van der Waals surface area contributed by atoms with Gasteiger partial charge in [-0.15, -0.1) is 0 Å². The van der Waals surface area contributed by atoms with E-state index in [1.807, 2.05) is 0 Å². The molecule has 0 saturated heterocycles. The fraction of sp³-hybridized carbons (Fsp3) is 0.231. The highest BCUT2D eigenvalue weighted by molar-refractivity contribution is 5.82. The maximum Gasteiger partial charge on any atom is 0.396 e. The van der Waals surface area contributed by atoms with Crippen molar-refractivity contribution in [1.82, 2.24) is 0 Å². The Bertz CT molecular complexity index is 584. The van der Waals surface area contributed by atoms with Crippen molar-refractivity contribution in [3.05, 3.63) is 41.0 Å². The number of hydrogen-bond acceptors (Lipinski definition) is 2. The molecule has 0 bridgehead atoms. The van der Waals surface area contributed by atoms with Gasteiger partial charge in [0.25, 0.3) is 0 Å². The standard InChI is InChI=1S/C13H7F3N2/c14-13(15,16)11-5-8-3-1-2-4-10(8)12(11)9(6-17)7-18/h1-4,11H,5H2. The first-order valence-electron chi connectivity index (χ1n) is 5.18. The van der Waals surface area contributed by atoms with Crippen LogP contribution < -0.4 is 0 Å². The zero-order valence-corrected chi connectivity index (χ0v) is 9.12. The van der Waals surface area contributed by atoms with Gasteiger partial charge in [0.1, 0.15) is 17.7 Å². The van der Waals surface area contributed by atoms with E-state index >= 15 is 0 Å². The third-order valence-electron chi connectivity index (χ3n) is 2.97. The molecule has 0 N–H and O–H groups in total. The maximum absolute atomic E-state index is 13.0. The van der Waals surface area contributed by atoms with E-state index < -0.39 is 17.7 Å². The molecule has 1 atom stereocenters. The number of nitriles is 2. The molecule has 2 rings (SSSR count). The first-order valence-corrected chi connectivity index (χ1v) is 5.18. The van der Waals surface area contributed by atoms with Crippen molar-refractivity contribution in [2.24, 2.45) is 5.92 Å². The van der Waals surface area contributed by atoms with Crippen LogP contribution in [-0.4, -0.2) is 6.18 Å². The van der Waals surface area contributed by atoms with Gasteiger partial charge in [0.05, 0.1) is 5.92 Å². The Hall–Kier alpha value is -2.27. The molecule has 5 heteroatoms. The number of fused-ring (bicyclic) bond motifs is 1. The number of benzene rings is 1. The first kappa shape index (κ1) is 12.2. The van der Waals surface area contributed by atoms with E-state index in [0.29, 0.717) is 11.1 Å². The molecule has 0 fully saturated rings. The Morgan fingerprint density at radius 3 is 2.33 bits per heavy atom. The van der Waals surface area contributed by atoms with E-state index in [-0.39, 0.29) is 12.0 Å². The first-order chi connectivity index (χ1) is 8.49. The van der Waals surface area contributed by atoms with Crippen LogP contribution in [0.5, 0.6) is 0 Å². The fourth-order valence-corrected chi connectivity index (χ4v) is 2.20. The summed E-state index contributed by atoms with van der Waals surface area (Å²) in [6, 6.07) is 9.47. The summed E-state index contributed by atoms with van der Waals surface area (Å²) < 4.78 is 38.9. The zero-order valence-electron chi connectivity index (χ0n) is 9.12. The molecule has 1 aromatic rings. The Kier molecular flexibility index (Phi) is 2.84. The number of halogens is 3. The number of allylic oxidation sites excluding steroid dienone is 2. The predicted molar refractivity (Wildman–Crippen MR) is 57.8 cm³/mol. The molecule has 1 aromatic carbocycles. The highest BCUT2D eigenvalue weighted by Gasteiger charge is 2.47. The molecule has 18 heavy (non-hydrogen) atoms. The minimum absolute atomic E-state index is 0.192. The van der Waals surface area contributed by atoms with Gasteiger partial charge in [0, 0.05) is 5.57 Å². The molecular weight excluding hydrogens is 241 g/mol. The van der Waals surface area contributed by atoms with Gasteiger partial charge in [-0.25, -0.2) is 0 Å². The Morgan fingerprint density at radius 1 is 1.17 bits per heavy atom. The van der Waals surface area contributed by atoms with Crippen molar-refractivity contribution in [1.29, 1.82) is 10.5 Å². The van der Waals surface area contributed by atoms with Gasteiger partial charge in [-0.2, -0.15) is 23.7 Å². The summed E-state index contributed by atoms with van der Waals surface area (Å²) in [6.45, 7) is 0. The minimum Gasteiger partial charge on any atom is -0.192 e. The van der Waals surface area contributed by atoms with Gasteiger partial charge >= 0.3 is 6.18 Å². The van der Waals surface area contributed by atoms with Crippen molar-refractivity contribution in [2.75, 3.05) is 0 Å². The lowest BCUT2D eigenvalue weighted by Crippen LogP contribution is -2.23. The second-order valence-electron chi connectivity index (χ2n) is 3.97. The second-order valence-corrected chi connectivity index (χ2v) is 3.97. The van der Waals surface area contributed by atoms with E-state index in [4.69, 9.17) is 10.5 Å². The van der Waals surface area contributed by atoms with Crippen LogP contribution in [0, 0.1) is 28.6 Å². The lowest BCUT2D eigenvalue weighted by molar-refractivity contribution is -0.156. The Labute approximate surface area is 102 Å². The lowest BCUT2D eigenvalue weighted by Gasteiger charge is -2.16. The molecule has 0 heterocycles. The molecule has 1 unspecified atom stereocenters. The van der Waals surface area contributed by atoms with Crippen LogP contribution in [0.15, 0.2) is 29.8 Å². The monoisotopic (exact) mass is 248 g/mol. The molecule has 2 nitrogen and oxygen atoms in total. The number of rotatable bonds is 0. The van der Waals surface area contributed by atoms with Crippen LogP contribution in [0.4, 0.5) is 13.2 Å². The van der Waals surface area contributed by atoms with Gasteiger partial charge in [-0.3, -0.25) is 0 Å². The zero-order chi connectivity index (χ0) is 13.3. The predicted octanol–water partition coefficient (Wildman–Crippen LogP) is 3.22. The molecule has 1 aliphatic carbocycles. The lowest BCUT2D eigenvalue weighted by atomic mass is 9.95. The third-order valence-corrected chi connectivity index (χ3v) is 2.97. The van der Waals surface area contributed by atoms with E-state index in [2.05, 4.69) is 0 Å². The molecule has 0 saturated carbocycles. The molecule has 0 aliphatic heterocycles. The fourth-order valence-electron chi connectivity index (χ4n) is 2.20. The molecule has 1 aliphatic rings. The van der Waals surface area contributed by atoms with Crippen LogP contribution in [0.1, 0.15) is 11.1 Å². The quantitative estimate of drug-likeness (QED) is 0.662. The molecule has 0 aromatic heterocycles. The molecule has 0 amide bonds. The van der Waals surface area contributed by atoms with Crippen LogP contribution in [0.2, 0.25) is 0 Å². The van der Waals surface area contributed by atoms with Crippen LogP contribution in [0.25, 0.3) is 5.57 Å². The largest absolute Gasteiger partial charge is 0.396 e. The number of alkyl halides is 3. The van der Waals surface area contributed by atoms with Crippen LogP contribution in [0.3, 0.4) is 0 Å². The topological polar surface area (TPSA) is 47.6 Å². The molecule has 0 spiro atoms. The minimum atomic E-state index is -4.45. The highest BCUT2D eigenvalue weighted by atomic mass is 19.4. The summed E-state index contributed by atoms with van der Waals surface area (Å²) in [5, 5.41) is 17.6. The Morgan fingerprint density at radius 2 is 1.78 bits per heavy atom. The third kappa shape index (κ3) is 1.84. The van der Waals surface area contributed by atoms with Gasteiger partial charge in [-0.05, 0) is 17.5 Å². The van der Waals surface area contributed by atoms with Gasteiger partial charge in [0.15, 0.2) is 0 Å². The normalized spacial score (nSPS) is 17.8. The molecule has 90 valence electrons. The number of hydrogen-bond donors (Lipinski definition) is 0. The van der Waals surface area contributed by atoms with Crippen molar-refractivity contribution >= 4 is 5.57 Å². The summed E-state index contributed by atoms with van der Waals surface area (Å²) in [6.07, 6.45) is -4.66. The van der Waals surface area contributed by atoms with Crippen molar-refractivity contribution in [3.63, 3.8) is 0 Å². The Balaban J connectivity index is 2.69. The maximum atomic E-state index is 13.0. The SMILES string of the molecule is N#CC(C#N)=C1c2ccccc2CC1C(F)(F)F. The van der Waals surface area contributed by atoms with Crippen LogP contribution >= 0.6 is 0 Å². The van der Waals surface area contributed by atoms with Crippen LogP contribution in [-0.2, 0) is 6.42 Å². The number of nitrogens with zero attached hydrogens (tertiary/aromatic N) is 2. The highest BCUT2D eigenvalue weighted by Crippen LogP contribution is 2.46. The van der Waals surface area contributed by atoms with Crippen molar-refractivity contribution in [3.8, 4) is 12.1 Å². The van der Waals surface area contributed by atoms with Gasteiger partial charge < -0.3 is 0 Å². The summed E-state index contributed by atoms with van der Waals surface area (Å²) in [4.78, 5) is 0. The smallest absolute Gasteiger partial charge is 0.192 e. The van der Waals surface area contributed by atoms with E-state index in [1.54, 1.807) is 30.3 Å². The van der Waals surface area contributed by atoms with E-state index in [9.17, 15) is 13.2 Å². The summed E-state index contributed by atoms with van der Waals surface area (Å²) in [5.41, 5.74) is 0.237. The van der Waals surface area contributed by atoms with Crippen molar-refractivity contribution < 1.29 is 13.2 Å². The van der Waals surface area contributed by atoms with Crippen molar-refractivity contribution in [2.45, 2.75) is 12.6 Å². The van der Waals surface area contributed by atoms with E-state index in [0.717, 1.165) is 0 Å². The second kappa shape index (κ2) is 4.19. The average Bonchev–Trinajstić information content (AvgIpc) is 2.71. The van der Waals surface area contributed by atoms with Gasteiger partial charge in [-0.1, -0.05) is 24.3 Å². The summed E-state index contributed by atoms with van der Waals surface area (Å²) in [5.74, 6) is -1.76. The average molecular weight is 248 g/mol.